The van der Waals surface area contributed by atoms with Gasteiger partial charge in [0.2, 0.25) is 0 Å². The summed E-state index contributed by atoms with van der Waals surface area (Å²) in [5.41, 5.74) is 3.70. The number of carbonyl (C=O) groups is 1. The zero-order chi connectivity index (χ0) is 22.3. The van der Waals surface area contributed by atoms with Crippen molar-refractivity contribution in [3.63, 3.8) is 0 Å². The van der Waals surface area contributed by atoms with Crippen LogP contribution in [0.1, 0.15) is 44.4 Å². The van der Waals surface area contributed by atoms with Gasteiger partial charge in [-0.25, -0.2) is 4.79 Å². The van der Waals surface area contributed by atoms with E-state index in [0.29, 0.717) is 6.61 Å². The maximum atomic E-state index is 11.8. The van der Waals surface area contributed by atoms with Crippen molar-refractivity contribution in [2.75, 3.05) is 13.2 Å². The number of ether oxygens (including phenoxy) is 2. The Kier molecular flexibility index (Phi) is 8.10. The van der Waals surface area contributed by atoms with Crippen molar-refractivity contribution < 1.29 is 14.3 Å². The Hall–Kier alpha value is -2.37. The Balaban J connectivity index is 0.000000194. The zero-order valence-electron chi connectivity index (χ0n) is 19.2. The van der Waals surface area contributed by atoms with E-state index in [1.54, 1.807) is 0 Å². The third kappa shape index (κ3) is 8.35. The molecule has 31 heavy (non-hydrogen) atoms. The number of fused-ring (bicyclic) bond motifs is 1. The Morgan fingerprint density at radius 2 is 1.77 bits per heavy atom. The van der Waals surface area contributed by atoms with E-state index in [-0.39, 0.29) is 18.2 Å². The summed E-state index contributed by atoms with van der Waals surface area (Å²) in [6.07, 6.45) is 1.70. The van der Waals surface area contributed by atoms with Gasteiger partial charge in [-0.2, -0.15) is 0 Å². The highest BCUT2D eigenvalue weighted by Gasteiger charge is 2.34. The van der Waals surface area contributed by atoms with Crippen LogP contribution in [0.25, 0.3) is 0 Å². The number of hydrogen-bond acceptors (Lipinski definition) is 4. The van der Waals surface area contributed by atoms with Crippen molar-refractivity contribution in [3.8, 4) is 0 Å². The Labute approximate surface area is 186 Å². The third-order valence-electron chi connectivity index (χ3n) is 5.30. The van der Waals surface area contributed by atoms with Crippen molar-refractivity contribution >= 4 is 6.09 Å². The fourth-order valence-electron chi connectivity index (χ4n) is 3.72. The summed E-state index contributed by atoms with van der Waals surface area (Å²) in [5.74, 6) is 0.772. The number of amides is 1. The molecule has 2 heterocycles. The van der Waals surface area contributed by atoms with Crippen LogP contribution in [-0.4, -0.2) is 37.0 Å². The van der Waals surface area contributed by atoms with E-state index in [4.69, 9.17) is 9.47 Å². The van der Waals surface area contributed by atoms with Crippen LogP contribution in [0.15, 0.2) is 54.6 Å². The smallest absolute Gasteiger partial charge is 0.407 e. The van der Waals surface area contributed by atoms with E-state index >= 15 is 0 Å². The van der Waals surface area contributed by atoms with Gasteiger partial charge in [-0.15, -0.1) is 0 Å². The molecule has 2 aromatic rings. The number of hydrogen-bond donors (Lipinski definition) is 2. The Bertz CT molecular complexity index is 828. The van der Waals surface area contributed by atoms with E-state index in [9.17, 15) is 4.79 Å². The molecule has 4 rings (SSSR count). The molecule has 0 radical (unpaired) electrons. The van der Waals surface area contributed by atoms with Crippen LogP contribution in [0.3, 0.4) is 0 Å². The maximum absolute atomic E-state index is 11.8. The van der Waals surface area contributed by atoms with Gasteiger partial charge >= 0.3 is 6.09 Å². The van der Waals surface area contributed by atoms with Gasteiger partial charge < -0.3 is 20.1 Å². The van der Waals surface area contributed by atoms with Crippen LogP contribution < -0.4 is 10.6 Å². The molecule has 3 atom stereocenters. The molecule has 1 fully saturated rings. The minimum atomic E-state index is -0.480. The van der Waals surface area contributed by atoms with E-state index in [0.717, 1.165) is 25.4 Å². The second-order valence-corrected chi connectivity index (χ2v) is 9.52. The minimum absolute atomic E-state index is 0.0303. The Morgan fingerprint density at radius 1 is 1.13 bits per heavy atom. The lowest BCUT2D eigenvalue weighted by atomic mass is 9.99. The molecule has 1 saturated heterocycles. The van der Waals surface area contributed by atoms with Crippen LogP contribution in [0.5, 0.6) is 0 Å². The van der Waals surface area contributed by atoms with Gasteiger partial charge in [0.25, 0.3) is 0 Å². The molecule has 0 aliphatic carbocycles. The molecule has 2 aromatic carbocycles. The highest BCUT2D eigenvalue weighted by molar-refractivity contribution is 5.68. The first-order chi connectivity index (χ1) is 14.8. The summed E-state index contributed by atoms with van der Waals surface area (Å²) in [6.45, 7) is 10.8. The van der Waals surface area contributed by atoms with Gasteiger partial charge in [0.15, 0.2) is 0 Å². The highest BCUT2D eigenvalue weighted by Crippen LogP contribution is 2.19. The van der Waals surface area contributed by atoms with Gasteiger partial charge in [-0.1, -0.05) is 61.5 Å². The first kappa shape index (κ1) is 23.3. The van der Waals surface area contributed by atoms with Gasteiger partial charge in [0.1, 0.15) is 11.7 Å². The number of rotatable bonds is 4. The van der Waals surface area contributed by atoms with Crippen molar-refractivity contribution in [2.24, 2.45) is 5.92 Å². The van der Waals surface area contributed by atoms with Crippen molar-refractivity contribution in [2.45, 2.75) is 64.8 Å². The van der Waals surface area contributed by atoms with E-state index < -0.39 is 5.60 Å². The minimum Gasteiger partial charge on any atom is -0.444 e. The molecule has 0 spiro atoms. The Morgan fingerprint density at radius 3 is 2.42 bits per heavy atom. The van der Waals surface area contributed by atoms with Crippen LogP contribution in [0.2, 0.25) is 0 Å². The summed E-state index contributed by atoms with van der Waals surface area (Å²) in [4.78, 5) is 11.8. The predicted molar refractivity (Wildman–Crippen MR) is 124 cm³/mol. The van der Waals surface area contributed by atoms with Gasteiger partial charge in [0, 0.05) is 6.54 Å². The fraction of sp³-hybridized carbons (Fsp3) is 0.500. The summed E-state index contributed by atoms with van der Waals surface area (Å²) in [7, 11) is 0. The van der Waals surface area contributed by atoms with Gasteiger partial charge in [-0.05, 0) is 62.8 Å². The van der Waals surface area contributed by atoms with Crippen molar-refractivity contribution in [1.29, 1.82) is 0 Å². The molecule has 2 aliphatic rings. The molecular formula is C26H36N2O3. The van der Waals surface area contributed by atoms with Gasteiger partial charge in [0.05, 0.1) is 12.6 Å². The number of epoxide rings is 1. The highest BCUT2D eigenvalue weighted by atomic mass is 16.6. The topological polar surface area (TPSA) is 62.9 Å². The van der Waals surface area contributed by atoms with E-state index in [2.05, 4.69) is 41.8 Å². The van der Waals surface area contributed by atoms with Gasteiger partial charge in [-0.3, -0.25) is 0 Å². The third-order valence-corrected chi connectivity index (χ3v) is 5.30. The molecule has 168 valence electrons. The van der Waals surface area contributed by atoms with Crippen LogP contribution >= 0.6 is 0 Å². The molecule has 1 unspecified atom stereocenters. The molecule has 5 nitrogen and oxygen atoms in total. The standard InChI is InChI=1S/C15H21NO3.C11H15N/c1-15(2,3)19-14(17)16-12(13-10-18-13)9-11-7-5-4-6-8-11;1-9-6-10-4-2-3-5-11(10)8-12-7-9/h4-8,12-13H,9-10H2,1-3H3,(H,16,17);2-5,9,12H,6-8H2,1H3/t12-,13+;/m1./s1. The maximum Gasteiger partial charge on any atom is 0.407 e. The van der Waals surface area contributed by atoms with Crippen molar-refractivity contribution in [3.05, 3.63) is 71.3 Å². The summed E-state index contributed by atoms with van der Waals surface area (Å²) in [6, 6.07) is 18.8. The van der Waals surface area contributed by atoms with E-state index in [1.807, 2.05) is 51.1 Å². The number of nitrogens with one attached hydrogen (secondary N) is 2. The normalized spacial score (nSPS) is 20.9. The number of benzene rings is 2. The molecule has 5 heteroatoms. The van der Waals surface area contributed by atoms with Crippen LogP contribution in [-0.2, 0) is 28.9 Å². The fourth-order valence-corrected chi connectivity index (χ4v) is 3.72. The molecule has 0 aromatic heterocycles. The number of carbonyl (C=O) groups excluding carboxylic acids is 1. The molecular weight excluding hydrogens is 388 g/mol. The summed E-state index contributed by atoms with van der Waals surface area (Å²) < 4.78 is 10.6. The van der Waals surface area contributed by atoms with Crippen LogP contribution in [0, 0.1) is 5.92 Å². The zero-order valence-corrected chi connectivity index (χ0v) is 19.2. The lowest BCUT2D eigenvalue weighted by Crippen LogP contribution is -2.43. The summed E-state index contributed by atoms with van der Waals surface area (Å²) >= 11 is 0. The van der Waals surface area contributed by atoms with E-state index in [1.165, 1.54) is 23.1 Å². The second kappa shape index (κ2) is 10.8. The second-order valence-electron chi connectivity index (χ2n) is 9.52. The first-order valence-electron chi connectivity index (χ1n) is 11.2. The molecule has 0 bridgehead atoms. The monoisotopic (exact) mass is 424 g/mol. The number of alkyl carbamates (subject to hydrolysis) is 1. The van der Waals surface area contributed by atoms with Crippen LogP contribution in [0.4, 0.5) is 4.79 Å². The quantitative estimate of drug-likeness (QED) is 0.710. The largest absolute Gasteiger partial charge is 0.444 e. The molecule has 2 N–H and O–H groups in total. The average Bonchev–Trinajstić information content (AvgIpc) is 3.55. The van der Waals surface area contributed by atoms with Crippen molar-refractivity contribution in [1.82, 2.24) is 10.6 Å². The summed E-state index contributed by atoms with van der Waals surface area (Å²) in [5, 5.41) is 6.35. The molecule has 1 amide bonds. The average molecular weight is 425 g/mol. The SMILES string of the molecule is CC(C)(C)OC(=O)N[C@H](Cc1ccccc1)[C@@H]1CO1.CC1CNCc2ccccc2C1. The molecule has 2 aliphatic heterocycles. The lowest BCUT2D eigenvalue weighted by molar-refractivity contribution is 0.0495. The molecule has 0 saturated carbocycles. The first-order valence-corrected chi connectivity index (χ1v) is 11.2. The predicted octanol–water partition coefficient (Wildman–Crippen LogP) is 4.49. The lowest BCUT2D eigenvalue weighted by Gasteiger charge is -2.23.